The van der Waals surface area contributed by atoms with Crippen LogP contribution >= 0.6 is 0 Å². The monoisotopic (exact) mass is 794 g/mol. The van der Waals surface area contributed by atoms with Crippen molar-refractivity contribution < 1.29 is 69.4 Å². The molecule has 5 aliphatic carbocycles. The van der Waals surface area contributed by atoms with Crippen molar-refractivity contribution in [2.75, 3.05) is 6.61 Å². The number of aliphatic carboxylic acids is 2. The predicted molar refractivity (Wildman–Crippen MR) is 198 cm³/mol. The molecule has 14 nitrogen and oxygen atoms in total. The van der Waals surface area contributed by atoms with Crippen LogP contribution in [0.3, 0.4) is 0 Å². The molecule has 2 aliphatic heterocycles. The van der Waals surface area contributed by atoms with E-state index in [1.165, 1.54) is 5.57 Å². The van der Waals surface area contributed by atoms with Crippen LogP contribution in [0.2, 0.25) is 0 Å². The minimum absolute atomic E-state index is 0.0231. The fourth-order valence-corrected chi connectivity index (χ4v) is 13.7. The van der Waals surface area contributed by atoms with Gasteiger partial charge >= 0.3 is 11.9 Å². The number of hydrogen-bond acceptors (Lipinski definition) is 12. The molecular formula is C42H66O14. The molecule has 0 radical (unpaired) electrons. The Hall–Kier alpha value is -1.72. The average Bonchev–Trinajstić information content (AvgIpc) is 3.11. The fraction of sp³-hybridized carbons (Fsp3) is 0.905. The van der Waals surface area contributed by atoms with Crippen molar-refractivity contribution in [2.45, 2.75) is 180 Å². The Kier molecular flexibility index (Phi) is 10.8. The molecule has 0 aromatic carbocycles. The summed E-state index contributed by atoms with van der Waals surface area (Å²) in [5, 5.41) is 84.1. The summed E-state index contributed by atoms with van der Waals surface area (Å²) < 4.78 is 23.5. The number of fused-ring (bicyclic) bond motifs is 7. The maximum absolute atomic E-state index is 13.0. The molecule has 7 rings (SSSR count). The lowest BCUT2D eigenvalue weighted by atomic mass is 9.33. The molecule has 0 aromatic heterocycles. The molecule has 4 saturated carbocycles. The molecule has 0 spiro atoms. The van der Waals surface area contributed by atoms with Crippen LogP contribution in [0.25, 0.3) is 0 Å². The van der Waals surface area contributed by atoms with Crippen LogP contribution in [0.4, 0.5) is 0 Å². The largest absolute Gasteiger partial charge is 0.481 e. The van der Waals surface area contributed by atoms with Crippen LogP contribution in [0.5, 0.6) is 0 Å². The minimum atomic E-state index is -1.93. The van der Waals surface area contributed by atoms with Crippen molar-refractivity contribution in [2.24, 2.45) is 50.2 Å². The van der Waals surface area contributed by atoms with Crippen molar-refractivity contribution in [3.8, 4) is 0 Å². The van der Waals surface area contributed by atoms with E-state index in [4.69, 9.17) is 18.9 Å². The molecular weight excluding hydrogens is 728 g/mol. The van der Waals surface area contributed by atoms with Crippen molar-refractivity contribution in [1.82, 2.24) is 0 Å². The molecule has 0 aromatic rings. The molecule has 0 amide bonds. The van der Waals surface area contributed by atoms with Gasteiger partial charge in [0.05, 0.1) is 18.1 Å². The van der Waals surface area contributed by atoms with E-state index in [2.05, 4.69) is 54.5 Å². The van der Waals surface area contributed by atoms with Crippen LogP contribution in [0, 0.1) is 50.2 Å². The summed E-state index contributed by atoms with van der Waals surface area (Å²) in [6, 6.07) is 0. The Morgan fingerprint density at radius 1 is 0.750 bits per heavy atom. The van der Waals surface area contributed by atoms with Gasteiger partial charge in [0.15, 0.2) is 18.7 Å². The maximum atomic E-state index is 13.0. The Bertz CT molecular complexity index is 1560. The molecule has 2 heterocycles. The highest BCUT2D eigenvalue weighted by Gasteiger charge is 2.69. The van der Waals surface area contributed by atoms with Gasteiger partial charge in [-0.15, -0.1) is 0 Å². The molecule has 14 heteroatoms. The lowest BCUT2D eigenvalue weighted by molar-refractivity contribution is -0.365. The number of carboxylic acids is 2. The van der Waals surface area contributed by atoms with Crippen molar-refractivity contribution in [3.63, 3.8) is 0 Å². The first-order valence-electron chi connectivity index (χ1n) is 20.8. The molecule has 7 aliphatic rings. The van der Waals surface area contributed by atoms with Gasteiger partial charge in [-0.05, 0) is 109 Å². The topological polar surface area (TPSA) is 233 Å². The van der Waals surface area contributed by atoms with Crippen molar-refractivity contribution in [1.29, 1.82) is 0 Å². The molecule has 0 unspecified atom stereocenters. The van der Waals surface area contributed by atoms with Gasteiger partial charge in [0.1, 0.15) is 42.7 Å². The average molecular weight is 795 g/mol. The third-order valence-electron chi connectivity index (χ3n) is 17.2. The summed E-state index contributed by atoms with van der Waals surface area (Å²) in [6.45, 7) is 15.4. The van der Waals surface area contributed by atoms with Gasteiger partial charge in [-0.1, -0.05) is 60.1 Å². The normalized spacial score (nSPS) is 52.3. The lowest BCUT2D eigenvalue weighted by Crippen LogP contribution is -2.67. The van der Waals surface area contributed by atoms with Crippen molar-refractivity contribution >= 4 is 11.9 Å². The highest BCUT2D eigenvalue weighted by molar-refractivity contribution is 5.76. The Morgan fingerprint density at radius 2 is 1.41 bits per heavy atom. The quantitative estimate of drug-likeness (QED) is 0.137. The van der Waals surface area contributed by atoms with E-state index in [0.29, 0.717) is 18.8 Å². The first kappa shape index (κ1) is 42.4. The smallest absolute Gasteiger partial charge is 0.335 e. The third-order valence-corrected chi connectivity index (χ3v) is 17.2. The van der Waals surface area contributed by atoms with Gasteiger partial charge in [-0.3, -0.25) is 4.79 Å². The van der Waals surface area contributed by atoms with Crippen LogP contribution in [-0.2, 0) is 28.5 Å². The standard InChI is InChI=1S/C42H66O14/c1-37(2)14-16-42(36(51)52)17-15-40(6)20(21(42)18-37)8-9-24-39(5)12-11-25(38(3,4)23(39)10-13-41(24,40)7)54-35-30(48)31(29(47)32(56-35)33(49)50)55-34-28(46)27(45)26(44)22(19-43)53-34/h8,21-32,34-35,43-48H,9-19H2,1-7H3,(H,49,50)(H,51,52)/t21-,22+,23+,24+,25-,26-,27-,28+,29-,30+,31-,32-,34-,35-,39-,40+,41+,42-/m0/s1. The summed E-state index contributed by atoms with van der Waals surface area (Å²) >= 11 is 0. The molecule has 6 fully saturated rings. The van der Waals surface area contributed by atoms with Gasteiger partial charge in [-0.25, -0.2) is 4.79 Å². The molecule has 318 valence electrons. The van der Waals surface area contributed by atoms with E-state index in [-0.39, 0.29) is 33.5 Å². The van der Waals surface area contributed by atoms with Gasteiger partial charge in [0.2, 0.25) is 0 Å². The van der Waals surface area contributed by atoms with Crippen LogP contribution in [0.1, 0.15) is 113 Å². The molecule has 0 bridgehead atoms. The van der Waals surface area contributed by atoms with Gasteiger partial charge in [-0.2, -0.15) is 0 Å². The molecule has 8 N–H and O–H groups in total. The maximum Gasteiger partial charge on any atom is 0.335 e. The second-order valence-electron chi connectivity index (χ2n) is 20.7. The molecule has 2 saturated heterocycles. The molecule has 56 heavy (non-hydrogen) atoms. The fourth-order valence-electron chi connectivity index (χ4n) is 13.7. The van der Waals surface area contributed by atoms with E-state index < -0.39 is 96.9 Å². The highest BCUT2D eigenvalue weighted by atomic mass is 16.7. The van der Waals surface area contributed by atoms with Crippen LogP contribution in [-0.4, -0.2) is 127 Å². The summed E-state index contributed by atoms with van der Waals surface area (Å²) in [7, 11) is 0. The van der Waals surface area contributed by atoms with Crippen molar-refractivity contribution in [3.05, 3.63) is 11.6 Å². The summed E-state index contributed by atoms with van der Waals surface area (Å²) in [5.41, 5.74) is -0.0185. The molecule has 18 atom stereocenters. The zero-order valence-corrected chi connectivity index (χ0v) is 34.0. The second-order valence-corrected chi connectivity index (χ2v) is 20.7. The Labute approximate surface area is 329 Å². The number of ether oxygens (including phenoxy) is 4. The third kappa shape index (κ3) is 6.17. The number of aliphatic hydroxyl groups excluding tert-OH is 6. The van der Waals surface area contributed by atoms with Gasteiger partial charge in [0.25, 0.3) is 0 Å². The van der Waals surface area contributed by atoms with Crippen LogP contribution < -0.4 is 0 Å². The highest BCUT2D eigenvalue weighted by Crippen LogP contribution is 2.76. The summed E-state index contributed by atoms with van der Waals surface area (Å²) in [4.78, 5) is 25.4. The van der Waals surface area contributed by atoms with E-state index >= 15 is 0 Å². The van der Waals surface area contributed by atoms with E-state index in [1.54, 1.807) is 0 Å². The van der Waals surface area contributed by atoms with Crippen LogP contribution in [0.15, 0.2) is 11.6 Å². The second kappa shape index (κ2) is 14.2. The number of allylic oxidation sites excluding steroid dienone is 2. The Balaban J connectivity index is 1.13. The Morgan fingerprint density at radius 3 is 2.05 bits per heavy atom. The summed E-state index contributed by atoms with van der Waals surface area (Å²) in [5.74, 6) is -1.64. The SMILES string of the molecule is CC1(C)CC[C@]2(C(=O)O)CC[C@]3(C)C(=CC[C@@H]4[C@@]5(C)CC[C@H](O[C@H]6O[C@H](C(=O)O)[C@@H](O)[C@H](O[C@@H]7O[C@H](CO)[C@H](O)[C@H](O)[C@H]7O)[C@H]6O)C(C)(C)[C@H]5CC[C@]43C)[C@@H]2C1. The van der Waals surface area contributed by atoms with Gasteiger partial charge < -0.3 is 59.8 Å². The number of carbonyl (C=O) groups is 2. The lowest BCUT2D eigenvalue weighted by Gasteiger charge is -2.71. The minimum Gasteiger partial charge on any atom is -0.481 e. The number of hydrogen-bond donors (Lipinski definition) is 8. The number of aliphatic hydroxyl groups is 6. The predicted octanol–water partition coefficient (Wildman–Crippen LogP) is 2.97. The van der Waals surface area contributed by atoms with E-state index in [1.807, 2.05) is 0 Å². The zero-order chi connectivity index (χ0) is 41.1. The van der Waals surface area contributed by atoms with E-state index in [9.17, 15) is 50.4 Å². The first-order valence-corrected chi connectivity index (χ1v) is 20.8. The number of rotatable bonds is 7. The summed E-state index contributed by atoms with van der Waals surface area (Å²) in [6.07, 6.45) is -7.02. The van der Waals surface area contributed by atoms with E-state index in [0.717, 1.165) is 51.4 Å². The zero-order valence-electron chi connectivity index (χ0n) is 34.0. The number of carboxylic acid groups (broad SMARTS) is 2. The first-order chi connectivity index (χ1) is 26.0. The van der Waals surface area contributed by atoms with Gasteiger partial charge in [0, 0.05) is 0 Å².